The summed E-state index contributed by atoms with van der Waals surface area (Å²) in [6.07, 6.45) is 6.10. The van der Waals surface area contributed by atoms with Gasteiger partial charge in [0.2, 0.25) is 5.91 Å². The number of hydrogen-bond donors (Lipinski definition) is 0. The van der Waals surface area contributed by atoms with Gasteiger partial charge in [0.15, 0.2) is 0 Å². The van der Waals surface area contributed by atoms with E-state index in [1.807, 2.05) is 40.2 Å². The number of hydrogen-bond acceptors (Lipinski definition) is 5. The Balaban J connectivity index is 1.27. The maximum Gasteiger partial charge on any atom is 0.236 e. The van der Waals surface area contributed by atoms with Gasteiger partial charge in [-0.15, -0.1) is 0 Å². The maximum atomic E-state index is 12.9. The van der Waals surface area contributed by atoms with E-state index < -0.39 is 0 Å². The van der Waals surface area contributed by atoms with Crippen LogP contribution in [0.5, 0.6) is 5.75 Å². The third kappa shape index (κ3) is 4.30. The number of carbonyl (C=O) groups is 1. The average Bonchev–Trinajstić information content (AvgIpc) is 3.41. The Kier molecular flexibility index (Phi) is 5.81. The summed E-state index contributed by atoms with van der Waals surface area (Å²) in [6, 6.07) is 10.5. The highest BCUT2D eigenvalue weighted by molar-refractivity contribution is 5.78. The second kappa shape index (κ2) is 8.65. The van der Waals surface area contributed by atoms with Gasteiger partial charge in [0.25, 0.3) is 0 Å². The van der Waals surface area contributed by atoms with E-state index in [9.17, 15) is 4.79 Å². The predicted molar refractivity (Wildman–Crippen MR) is 109 cm³/mol. The Morgan fingerprint density at radius 1 is 1.14 bits per heavy atom. The monoisotopic (exact) mass is 383 g/mol. The molecule has 1 atom stereocenters. The molecule has 0 saturated carbocycles. The van der Waals surface area contributed by atoms with Crippen LogP contribution in [0, 0.1) is 0 Å². The summed E-state index contributed by atoms with van der Waals surface area (Å²) < 4.78 is 7.20. The Morgan fingerprint density at radius 2 is 1.93 bits per heavy atom. The first-order valence-corrected chi connectivity index (χ1v) is 10.1. The predicted octanol–water partition coefficient (Wildman–Crippen LogP) is 1.70. The van der Waals surface area contributed by atoms with E-state index in [1.54, 1.807) is 7.11 Å². The number of benzene rings is 1. The van der Waals surface area contributed by atoms with Gasteiger partial charge in [0.05, 0.1) is 20.2 Å². The molecule has 0 radical (unpaired) electrons. The Hall–Kier alpha value is -2.54. The minimum absolute atomic E-state index is 0.252. The second-order valence-corrected chi connectivity index (χ2v) is 7.56. The number of likely N-dealkylation sites (tertiary alicyclic amines) is 1. The molecule has 28 heavy (non-hydrogen) atoms. The average molecular weight is 383 g/mol. The van der Waals surface area contributed by atoms with Crippen molar-refractivity contribution in [2.24, 2.45) is 0 Å². The molecule has 1 aromatic heterocycles. The first-order chi connectivity index (χ1) is 13.7. The van der Waals surface area contributed by atoms with Crippen LogP contribution < -0.4 is 9.64 Å². The van der Waals surface area contributed by atoms with Crippen molar-refractivity contribution in [3.05, 3.63) is 42.7 Å². The molecule has 1 unspecified atom stereocenters. The quantitative estimate of drug-likeness (QED) is 0.760. The molecule has 3 heterocycles. The van der Waals surface area contributed by atoms with Gasteiger partial charge in [0.1, 0.15) is 5.75 Å². The molecule has 7 heteroatoms. The lowest BCUT2D eigenvalue weighted by atomic mass is 10.2. The van der Waals surface area contributed by atoms with Gasteiger partial charge in [-0.3, -0.25) is 14.4 Å². The second-order valence-electron chi connectivity index (χ2n) is 7.56. The van der Waals surface area contributed by atoms with Crippen molar-refractivity contribution in [3.63, 3.8) is 0 Å². The van der Waals surface area contributed by atoms with Gasteiger partial charge in [-0.2, -0.15) is 5.10 Å². The minimum atomic E-state index is 0.252. The number of piperazine rings is 1. The van der Waals surface area contributed by atoms with Crippen LogP contribution in [0.4, 0.5) is 5.69 Å². The number of rotatable bonds is 6. The van der Waals surface area contributed by atoms with Crippen molar-refractivity contribution in [3.8, 4) is 5.75 Å². The summed E-state index contributed by atoms with van der Waals surface area (Å²) >= 11 is 0. The van der Waals surface area contributed by atoms with Crippen molar-refractivity contribution in [2.45, 2.75) is 25.4 Å². The molecule has 150 valence electrons. The molecule has 7 nitrogen and oxygen atoms in total. The smallest absolute Gasteiger partial charge is 0.236 e. The largest absolute Gasteiger partial charge is 0.497 e. The first-order valence-electron chi connectivity index (χ1n) is 10.1. The molecule has 2 aromatic rings. The van der Waals surface area contributed by atoms with Crippen LogP contribution in [0.15, 0.2) is 42.7 Å². The van der Waals surface area contributed by atoms with Crippen LogP contribution >= 0.6 is 0 Å². The van der Waals surface area contributed by atoms with E-state index in [0.29, 0.717) is 12.6 Å². The van der Waals surface area contributed by atoms with Crippen LogP contribution in [-0.4, -0.2) is 77.9 Å². The number of aromatic nitrogens is 2. The fraction of sp³-hybridized carbons (Fsp3) is 0.524. The summed E-state index contributed by atoms with van der Waals surface area (Å²) in [6.45, 7) is 5.69. The molecule has 4 rings (SSSR count). The molecule has 0 N–H and O–H groups in total. The molecule has 2 aliphatic rings. The van der Waals surface area contributed by atoms with Crippen LogP contribution in [0.2, 0.25) is 0 Å². The van der Waals surface area contributed by atoms with Gasteiger partial charge in [-0.1, -0.05) is 0 Å². The van der Waals surface area contributed by atoms with Crippen molar-refractivity contribution in [2.75, 3.05) is 51.3 Å². The first kappa shape index (κ1) is 18.8. The SMILES string of the molecule is COc1ccc(N2CCN(C(=O)CN3CCCC3Cn3cccn3)CC2)cc1. The summed E-state index contributed by atoms with van der Waals surface area (Å²) in [5.41, 5.74) is 1.19. The molecule has 2 fully saturated rings. The van der Waals surface area contributed by atoms with Crippen molar-refractivity contribution in [1.29, 1.82) is 0 Å². The number of anilines is 1. The zero-order chi connectivity index (χ0) is 19.3. The molecule has 2 saturated heterocycles. The molecular formula is C21H29N5O2. The van der Waals surface area contributed by atoms with E-state index in [4.69, 9.17) is 4.74 Å². The third-order valence-electron chi connectivity index (χ3n) is 5.86. The fourth-order valence-electron chi connectivity index (χ4n) is 4.22. The molecule has 2 aliphatic heterocycles. The molecule has 0 aliphatic carbocycles. The summed E-state index contributed by atoms with van der Waals surface area (Å²) in [7, 11) is 1.68. The van der Waals surface area contributed by atoms with Crippen molar-refractivity contribution >= 4 is 11.6 Å². The van der Waals surface area contributed by atoms with E-state index in [-0.39, 0.29) is 5.91 Å². The number of methoxy groups -OCH3 is 1. The van der Waals surface area contributed by atoms with Gasteiger partial charge in [-0.05, 0) is 49.7 Å². The maximum absolute atomic E-state index is 12.9. The molecule has 1 amide bonds. The lowest BCUT2D eigenvalue weighted by molar-refractivity contribution is -0.133. The van der Waals surface area contributed by atoms with Crippen molar-refractivity contribution < 1.29 is 9.53 Å². The summed E-state index contributed by atoms with van der Waals surface area (Å²) in [4.78, 5) is 19.5. The lowest BCUT2D eigenvalue weighted by Crippen LogP contribution is -2.52. The van der Waals surface area contributed by atoms with E-state index in [0.717, 1.165) is 57.9 Å². The highest BCUT2D eigenvalue weighted by Crippen LogP contribution is 2.22. The standard InChI is InChI=1S/C21H29N5O2/c1-28-20-7-5-18(6-8-20)23-12-14-24(15-13-23)21(27)17-25-10-2-4-19(25)16-26-11-3-9-22-26/h3,5-9,11,19H,2,4,10,12-17H2,1H3. The van der Waals surface area contributed by atoms with E-state index >= 15 is 0 Å². The Labute approximate surface area is 166 Å². The third-order valence-corrected chi connectivity index (χ3v) is 5.86. The number of nitrogens with zero attached hydrogens (tertiary/aromatic N) is 5. The molecule has 0 spiro atoms. The van der Waals surface area contributed by atoms with Gasteiger partial charge < -0.3 is 14.5 Å². The van der Waals surface area contributed by atoms with Crippen LogP contribution in [0.1, 0.15) is 12.8 Å². The molecule has 0 bridgehead atoms. The van der Waals surface area contributed by atoms with Crippen LogP contribution in [0.25, 0.3) is 0 Å². The Bertz CT molecular complexity index is 754. The zero-order valence-corrected chi connectivity index (χ0v) is 16.5. The van der Waals surface area contributed by atoms with E-state index in [1.165, 1.54) is 5.69 Å². The summed E-state index contributed by atoms with van der Waals surface area (Å²) in [5, 5.41) is 4.31. The van der Waals surface area contributed by atoms with Crippen LogP contribution in [0.3, 0.4) is 0 Å². The van der Waals surface area contributed by atoms with E-state index in [2.05, 4.69) is 27.0 Å². The zero-order valence-electron chi connectivity index (χ0n) is 16.5. The van der Waals surface area contributed by atoms with Crippen LogP contribution in [-0.2, 0) is 11.3 Å². The number of carbonyl (C=O) groups excluding carboxylic acids is 1. The van der Waals surface area contributed by atoms with Crippen molar-refractivity contribution in [1.82, 2.24) is 19.6 Å². The number of ether oxygens (including phenoxy) is 1. The fourth-order valence-corrected chi connectivity index (χ4v) is 4.22. The van der Waals surface area contributed by atoms with Gasteiger partial charge >= 0.3 is 0 Å². The Morgan fingerprint density at radius 3 is 2.61 bits per heavy atom. The normalized spacial score (nSPS) is 20.5. The van der Waals surface area contributed by atoms with Gasteiger partial charge in [-0.25, -0.2) is 0 Å². The van der Waals surface area contributed by atoms with Gasteiger partial charge in [0, 0.05) is 50.3 Å². The molecular weight excluding hydrogens is 354 g/mol. The topological polar surface area (TPSA) is 53.8 Å². The minimum Gasteiger partial charge on any atom is -0.497 e. The molecule has 1 aromatic carbocycles. The summed E-state index contributed by atoms with van der Waals surface area (Å²) in [5.74, 6) is 1.12. The lowest BCUT2D eigenvalue weighted by Gasteiger charge is -2.37. The number of amides is 1. The highest BCUT2D eigenvalue weighted by atomic mass is 16.5. The highest BCUT2D eigenvalue weighted by Gasteiger charge is 2.29.